The van der Waals surface area contributed by atoms with Crippen molar-refractivity contribution in [1.29, 1.82) is 0 Å². The van der Waals surface area contributed by atoms with E-state index in [4.69, 9.17) is 4.42 Å². The molecule has 0 fully saturated rings. The second-order valence-electron chi connectivity index (χ2n) is 5.42. The molecule has 2 aromatic heterocycles. The average molecular weight is 322 g/mol. The first-order chi connectivity index (χ1) is 10.5. The van der Waals surface area contributed by atoms with Gasteiger partial charge in [-0.25, -0.2) is 0 Å². The summed E-state index contributed by atoms with van der Waals surface area (Å²) in [5, 5.41) is 12.0. The zero-order valence-electron chi connectivity index (χ0n) is 13.4. The van der Waals surface area contributed by atoms with Gasteiger partial charge in [0.25, 0.3) is 0 Å². The molecule has 1 N–H and O–H groups in total. The summed E-state index contributed by atoms with van der Waals surface area (Å²) < 4.78 is 7.32. The van der Waals surface area contributed by atoms with Gasteiger partial charge >= 0.3 is 0 Å². The van der Waals surface area contributed by atoms with Crippen LogP contribution >= 0.6 is 11.8 Å². The van der Waals surface area contributed by atoms with Crippen molar-refractivity contribution in [3.8, 4) is 11.6 Å². The Kier molecular flexibility index (Phi) is 5.65. The van der Waals surface area contributed by atoms with E-state index >= 15 is 0 Å². The van der Waals surface area contributed by atoms with Crippen molar-refractivity contribution in [1.82, 2.24) is 20.1 Å². The zero-order valence-corrected chi connectivity index (χ0v) is 14.2. The normalized spacial score (nSPS) is 12.6. The van der Waals surface area contributed by atoms with Crippen LogP contribution in [0.3, 0.4) is 0 Å². The summed E-state index contributed by atoms with van der Waals surface area (Å²) in [6.45, 7) is 8.91. The fraction of sp³-hybridized carbons (Fsp3) is 0.533. The quantitative estimate of drug-likeness (QED) is 0.794. The van der Waals surface area contributed by atoms with Gasteiger partial charge in [0, 0.05) is 12.6 Å². The van der Waals surface area contributed by atoms with Gasteiger partial charge in [0.05, 0.1) is 12.0 Å². The van der Waals surface area contributed by atoms with Crippen molar-refractivity contribution < 1.29 is 9.21 Å². The summed E-state index contributed by atoms with van der Waals surface area (Å²) >= 11 is 1.39. The molecule has 6 nitrogen and oxygen atoms in total. The predicted octanol–water partition coefficient (Wildman–Crippen LogP) is 2.81. The molecule has 0 aliphatic heterocycles. The predicted molar refractivity (Wildman–Crippen MR) is 86.6 cm³/mol. The van der Waals surface area contributed by atoms with Gasteiger partial charge in [-0.1, -0.05) is 25.6 Å². The molecule has 2 aromatic rings. The first-order valence-electron chi connectivity index (χ1n) is 7.42. The fourth-order valence-electron chi connectivity index (χ4n) is 1.86. The molecule has 2 heterocycles. The van der Waals surface area contributed by atoms with Gasteiger partial charge < -0.3 is 9.73 Å². The Morgan fingerprint density at radius 1 is 1.41 bits per heavy atom. The number of amides is 1. The molecule has 0 saturated carbocycles. The van der Waals surface area contributed by atoms with E-state index in [9.17, 15) is 4.79 Å². The highest BCUT2D eigenvalue weighted by Gasteiger charge is 2.17. The highest BCUT2D eigenvalue weighted by molar-refractivity contribution is 7.99. The fourth-order valence-corrected chi connectivity index (χ4v) is 2.67. The number of hydrogen-bond acceptors (Lipinski definition) is 5. The second kappa shape index (κ2) is 7.49. The molecule has 7 heteroatoms. The number of carbonyl (C=O) groups is 1. The summed E-state index contributed by atoms with van der Waals surface area (Å²) in [6.07, 6.45) is 1.61. The third-order valence-electron chi connectivity index (χ3n) is 3.50. The van der Waals surface area contributed by atoms with E-state index in [1.807, 2.05) is 30.5 Å². The third kappa shape index (κ3) is 3.91. The van der Waals surface area contributed by atoms with Crippen LogP contribution < -0.4 is 5.32 Å². The minimum absolute atomic E-state index is 0.0106. The Labute approximate surface area is 134 Å². The number of nitrogens with zero attached hydrogens (tertiary/aromatic N) is 3. The van der Waals surface area contributed by atoms with Crippen molar-refractivity contribution in [3.05, 3.63) is 18.4 Å². The number of aromatic nitrogens is 3. The van der Waals surface area contributed by atoms with Crippen LogP contribution in [-0.2, 0) is 11.3 Å². The maximum atomic E-state index is 12.0. The van der Waals surface area contributed by atoms with Crippen molar-refractivity contribution in [2.45, 2.75) is 45.4 Å². The molecule has 0 unspecified atom stereocenters. The van der Waals surface area contributed by atoms with Crippen LogP contribution in [-0.4, -0.2) is 32.5 Å². The van der Waals surface area contributed by atoms with E-state index < -0.39 is 0 Å². The standard InChI is InChI=1S/C15H22N4O2S/c1-5-19-14(12-7-6-8-21-12)17-18-15(19)22-9-13(20)16-11(4)10(2)3/h6-8,10-11H,5,9H2,1-4H3,(H,16,20)/t11-/m1/s1. The summed E-state index contributed by atoms with van der Waals surface area (Å²) in [4.78, 5) is 12.0. The number of thioether (sulfide) groups is 1. The highest BCUT2D eigenvalue weighted by atomic mass is 32.2. The molecule has 2 rings (SSSR count). The van der Waals surface area contributed by atoms with Crippen LogP contribution in [0.5, 0.6) is 0 Å². The van der Waals surface area contributed by atoms with E-state index in [-0.39, 0.29) is 11.9 Å². The molecule has 120 valence electrons. The average Bonchev–Trinajstić information content (AvgIpc) is 3.13. The van der Waals surface area contributed by atoms with E-state index in [0.717, 1.165) is 11.7 Å². The summed E-state index contributed by atoms with van der Waals surface area (Å²) in [7, 11) is 0. The lowest BCUT2D eigenvalue weighted by Crippen LogP contribution is -2.37. The smallest absolute Gasteiger partial charge is 0.230 e. The van der Waals surface area contributed by atoms with Crippen LogP contribution in [0.4, 0.5) is 0 Å². The van der Waals surface area contributed by atoms with Gasteiger partial charge in [0.2, 0.25) is 5.91 Å². The Hall–Kier alpha value is -1.76. The van der Waals surface area contributed by atoms with E-state index in [0.29, 0.717) is 23.3 Å². The molecule has 0 aliphatic rings. The minimum Gasteiger partial charge on any atom is -0.461 e. The van der Waals surface area contributed by atoms with E-state index in [1.165, 1.54) is 11.8 Å². The van der Waals surface area contributed by atoms with Crippen LogP contribution in [0.15, 0.2) is 28.0 Å². The molecule has 1 atom stereocenters. The first kappa shape index (κ1) is 16.6. The molecular formula is C15H22N4O2S. The molecule has 0 bridgehead atoms. The van der Waals surface area contributed by atoms with Crippen molar-refractivity contribution in [2.75, 3.05) is 5.75 Å². The lowest BCUT2D eigenvalue weighted by atomic mass is 10.1. The minimum atomic E-state index is 0.0106. The Morgan fingerprint density at radius 2 is 2.18 bits per heavy atom. The number of furan rings is 1. The van der Waals surface area contributed by atoms with E-state index in [1.54, 1.807) is 6.26 Å². The highest BCUT2D eigenvalue weighted by Crippen LogP contribution is 2.24. The SMILES string of the molecule is CCn1c(SCC(=O)N[C@H](C)C(C)C)nnc1-c1ccco1. The molecule has 0 aromatic carbocycles. The second-order valence-corrected chi connectivity index (χ2v) is 6.36. The number of rotatable bonds is 7. The monoisotopic (exact) mass is 322 g/mol. The van der Waals surface area contributed by atoms with E-state index in [2.05, 4.69) is 29.4 Å². The van der Waals surface area contributed by atoms with Gasteiger partial charge in [0.15, 0.2) is 16.7 Å². The number of carbonyl (C=O) groups excluding carboxylic acids is 1. The number of hydrogen-bond donors (Lipinski definition) is 1. The Morgan fingerprint density at radius 3 is 2.77 bits per heavy atom. The largest absolute Gasteiger partial charge is 0.461 e. The van der Waals surface area contributed by atoms with Crippen molar-refractivity contribution in [3.63, 3.8) is 0 Å². The maximum absolute atomic E-state index is 12.0. The lowest BCUT2D eigenvalue weighted by molar-refractivity contribution is -0.119. The molecular weight excluding hydrogens is 300 g/mol. The van der Waals surface area contributed by atoms with Crippen LogP contribution in [0, 0.1) is 5.92 Å². The molecule has 22 heavy (non-hydrogen) atoms. The summed E-state index contributed by atoms with van der Waals surface area (Å²) in [5.74, 6) is 2.12. The van der Waals surface area contributed by atoms with Gasteiger partial charge in [0.1, 0.15) is 0 Å². The Balaban J connectivity index is 2.00. The van der Waals surface area contributed by atoms with Crippen molar-refractivity contribution >= 4 is 17.7 Å². The van der Waals surface area contributed by atoms with Gasteiger partial charge in [-0.3, -0.25) is 9.36 Å². The maximum Gasteiger partial charge on any atom is 0.230 e. The molecule has 0 radical (unpaired) electrons. The summed E-state index contributed by atoms with van der Waals surface area (Å²) in [5.41, 5.74) is 0. The van der Waals surface area contributed by atoms with Crippen molar-refractivity contribution in [2.24, 2.45) is 5.92 Å². The number of nitrogens with one attached hydrogen (secondary N) is 1. The molecule has 0 aliphatic carbocycles. The lowest BCUT2D eigenvalue weighted by Gasteiger charge is -2.17. The first-order valence-corrected chi connectivity index (χ1v) is 8.40. The molecule has 0 spiro atoms. The third-order valence-corrected chi connectivity index (χ3v) is 4.46. The zero-order chi connectivity index (χ0) is 16.1. The van der Waals surface area contributed by atoms with Gasteiger partial charge in [-0.05, 0) is 31.9 Å². The van der Waals surface area contributed by atoms with Crippen LogP contribution in [0.2, 0.25) is 0 Å². The summed E-state index contributed by atoms with van der Waals surface area (Å²) in [6, 6.07) is 3.83. The molecule has 0 saturated heterocycles. The topological polar surface area (TPSA) is 73.0 Å². The van der Waals surface area contributed by atoms with Gasteiger partial charge in [-0.2, -0.15) is 0 Å². The van der Waals surface area contributed by atoms with Crippen LogP contribution in [0.25, 0.3) is 11.6 Å². The van der Waals surface area contributed by atoms with Gasteiger partial charge in [-0.15, -0.1) is 10.2 Å². The Bertz CT molecular complexity index is 607. The molecule has 1 amide bonds. The van der Waals surface area contributed by atoms with Crippen LogP contribution in [0.1, 0.15) is 27.7 Å².